The first-order chi connectivity index (χ1) is 7.76. The summed E-state index contributed by atoms with van der Waals surface area (Å²) in [5.41, 5.74) is 2.52. The second-order valence-corrected chi connectivity index (χ2v) is 3.39. The number of guanidine groups is 1. The van der Waals surface area contributed by atoms with Crippen molar-refractivity contribution in [2.24, 2.45) is 17.9 Å². The summed E-state index contributed by atoms with van der Waals surface area (Å²) in [6.45, 7) is 3.53. The molecule has 0 amide bonds. The predicted molar refractivity (Wildman–Crippen MR) is 62.6 cm³/mol. The van der Waals surface area contributed by atoms with E-state index < -0.39 is 0 Å². The first-order valence-corrected chi connectivity index (χ1v) is 5.35. The monoisotopic (exact) mass is 225 g/mol. The lowest BCUT2D eigenvalue weighted by Gasteiger charge is -2.07. The van der Waals surface area contributed by atoms with Crippen LogP contribution >= 0.6 is 0 Å². The fourth-order valence-corrected chi connectivity index (χ4v) is 1.17. The molecule has 1 heterocycles. The van der Waals surface area contributed by atoms with E-state index in [0.29, 0.717) is 12.5 Å². The van der Waals surface area contributed by atoms with Crippen LogP contribution in [0.5, 0.6) is 0 Å². The summed E-state index contributed by atoms with van der Waals surface area (Å²) in [7, 11) is 1.85. The fourth-order valence-electron chi connectivity index (χ4n) is 1.17. The molecule has 1 aromatic rings. The van der Waals surface area contributed by atoms with Gasteiger partial charge in [0.1, 0.15) is 6.33 Å². The smallest absolute Gasteiger partial charge is 0.205 e. The molecule has 0 unspecified atom stereocenters. The van der Waals surface area contributed by atoms with Crippen LogP contribution in [0.25, 0.3) is 0 Å². The highest BCUT2D eigenvalue weighted by atomic mass is 15.3. The second kappa shape index (κ2) is 6.78. The van der Waals surface area contributed by atoms with Gasteiger partial charge in [0, 0.05) is 26.6 Å². The Morgan fingerprint density at radius 2 is 2.44 bits per heavy atom. The number of aliphatic imine (C=N–C) groups is 1. The molecule has 90 valence electrons. The Labute approximate surface area is 95.1 Å². The number of rotatable bonds is 5. The van der Waals surface area contributed by atoms with E-state index in [0.717, 1.165) is 25.2 Å². The van der Waals surface area contributed by atoms with Gasteiger partial charge in [0.2, 0.25) is 5.96 Å². The first-order valence-electron chi connectivity index (χ1n) is 5.35. The molecule has 7 heteroatoms. The van der Waals surface area contributed by atoms with Gasteiger partial charge in [-0.15, -0.1) is 0 Å². The topological polar surface area (TPSA) is 93.1 Å². The minimum Gasteiger partial charge on any atom is -0.355 e. The second-order valence-electron chi connectivity index (χ2n) is 3.39. The van der Waals surface area contributed by atoms with Crippen LogP contribution in [0.2, 0.25) is 0 Å². The summed E-state index contributed by atoms with van der Waals surface area (Å²) in [4.78, 5) is 8.34. The fraction of sp³-hybridized carbons (Fsp3) is 0.667. The van der Waals surface area contributed by atoms with Gasteiger partial charge in [-0.25, -0.2) is 10.8 Å². The molecule has 1 aromatic heterocycles. The van der Waals surface area contributed by atoms with Gasteiger partial charge in [0.15, 0.2) is 5.82 Å². The quantitative estimate of drug-likeness (QED) is 0.263. The molecule has 16 heavy (non-hydrogen) atoms. The summed E-state index contributed by atoms with van der Waals surface area (Å²) in [6.07, 6.45) is 3.42. The molecule has 7 nitrogen and oxygen atoms in total. The predicted octanol–water partition coefficient (Wildman–Crippen LogP) is -0.823. The molecule has 0 aliphatic heterocycles. The molecule has 0 bridgehead atoms. The lowest BCUT2D eigenvalue weighted by atomic mass is 10.4. The molecule has 0 atom stereocenters. The maximum Gasteiger partial charge on any atom is 0.205 e. The maximum atomic E-state index is 5.32. The van der Waals surface area contributed by atoms with Crippen molar-refractivity contribution in [1.29, 1.82) is 0 Å². The Bertz CT molecular complexity index is 330. The minimum atomic E-state index is 0.609. The SMILES string of the molecule is CCCN=C(NN)NCCc1ncn(C)n1. The molecule has 0 aliphatic carbocycles. The highest BCUT2D eigenvalue weighted by Gasteiger charge is 1.99. The number of nitrogens with two attached hydrogens (primary N) is 1. The van der Waals surface area contributed by atoms with E-state index in [1.54, 1.807) is 11.0 Å². The Hall–Kier alpha value is -1.63. The molecule has 0 aromatic carbocycles. The third-order valence-corrected chi connectivity index (χ3v) is 1.92. The Balaban J connectivity index is 2.28. The molecule has 4 N–H and O–H groups in total. The van der Waals surface area contributed by atoms with E-state index >= 15 is 0 Å². The number of hydrogen-bond acceptors (Lipinski definition) is 4. The van der Waals surface area contributed by atoms with Crippen LogP contribution in [0.15, 0.2) is 11.3 Å². The van der Waals surface area contributed by atoms with Crippen LogP contribution in [0.1, 0.15) is 19.2 Å². The van der Waals surface area contributed by atoms with Crippen molar-refractivity contribution >= 4 is 5.96 Å². The number of nitrogens with zero attached hydrogens (tertiary/aromatic N) is 4. The summed E-state index contributed by atoms with van der Waals surface area (Å²) >= 11 is 0. The van der Waals surface area contributed by atoms with Gasteiger partial charge in [-0.3, -0.25) is 15.1 Å². The van der Waals surface area contributed by atoms with Crippen LogP contribution in [-0.2, 0) is 13.5 Å². The molecule has 1 rings (SSSR count). The third-order valence-electron chi connectivity index (χ3n) is 1.92. The summed E-state index contributed by atoms with van der Waals surface area (Å²) < 4.78 is 1.68. The highest BCUT2D eigenvalue weighted by molar-refractivity contribution is 5.79. The zero-order valence-corrected chi connectivity index (χ0v) is 9.77. The van der Waals surface area contributed by atoms with Crippen molar-refractivity contribution in [2.45, 2.75) is 19.8 Å². The van der Waals surface area contributed by atoms with E-state index in [1.165, 1.54) is 0 Å². The molecule has 0 saturated carbocycles. The van der Waals surface area contributed by atoms with Gasteiger partial charge in [0.25, 0.3) is 0 Å². The van der Waals surface area contributed by atoms with Crippen molar-refractivity contribution in [3.05, 3.63) is 12.2 Å². The molecule has 0 fully saturated rings. The van der Waals surface area contributed by atoms with Crippen molar-refractivity contribution in [3.8, 4) is 0 Å². The zero-order valence-electron chi connectivity index (χ0n) is 9.77. The zero-order chi connectivity index (χ0) is 11.8. The van der Waals surface area contributed by atoms with Gasteiger partial charge in [-0.05, 0) is 6.42 Å². The Morgan fingerprint density at radius 1 is 1.62 bits per heavy atom. The summed E-state index contributed by atoms with van der Waals surface area (Å²) in [5.74, 6) is 6.73. The third kappa shape index (κ3) is 4.26. The normalized spacial score (nSPS) is 11.6. The lowest BCUT2D eigenvalue weighted by molar-refractivity contribution is 0.723. The highest BCUT2D eigenvalue weighted by Crippen LogP contribution is 1.88. The van der Waals surface area contributed by atoms with Gasteiger partial charge in [-0.2, -0.15) is 5.10 Å². The van der Waals surface area contributed by atoms with Crippen LogP contribution in [-0.4, -0.2) is 33.8 Å². The van der Waals surface area contributed by atoms with Crippen LogP contribution < -0.4 is 16.6 Å². The van der Waals surface area contributed by atoms with E-state index in [9.17, 15) is 0 Å². The molecule has 0 radical (unpaired) electrons. The Kier molecular flexibility index (Phi) is 5.27. The molecule has 0 saturated heterocycles. The minimum absolute atomic E-state index is 0.609. The molecular formula is C9H19N7. The largest absolute Gasteiger partial charge is 0.355 e. The Morgan fingerprint density at radius 3 is 3.00 bits per heavy atom. The molecular weight excluding hydrogens is 206 g/mol. The number of hydrogen-bond donors (Lipinski definition) is 3. The summed E-state index contributed by atoms with van der Waals surface area (Å²) in [5, 5.41) is 7.26. The van der Waals surface area contributed by atoms with E-state index in [4.69, 9.17) is 5.84 Å². The number of aryl methyl sites for hydroxylation is 1. The van der Waals surface area contributed by atoms with Crippen LogP contribution in [0.4, 0.5) is 0 Å². The van der Waals surface area contributed by atoms with Crippen molar-refractivity contribution < 1.29 is 0 Å². The summed E-state index contributed by atoms with van der Waals surface area (Å²) in [6, 6.07) is 0. The standard InChI is InChI=1S/C9H19N7/c1-3-5-11-9(14-10)12-6-4-8-13-7-16(2)15-8/h7H,3-6,10H2,1-2H3,(H2,11,12,14). The van der Waals surface area contributed by atoms with Crippen LogP contribution in [0, 0.1) is 0 Å². The number of aromatic nitrogens is 3. The van der Waals surface area contributed by atoms with Gasteiger partial charge < -0.3 is 5.32 Å². The molecule has 0 spiro atoms. The van der Waals surface area contributed by atoms with Crippen molar-refractivity contribution in [2.75, 3.05) is 13.1 Å². The van der Waals surface area contributed by atoms with Crippen LogP contribution in [0.3, 0.4) is 0 Å². The van der Waals surface area contributed by atoms with E-state index in [2.05, 4.69) is 32.7 Å². The molecule has 0 aliphatic rings. The average molecular weight is 225 g/mol. The van der Waals surface area contributed by atoms with E-state index in [-0.39, 0.29) is 0 Å². The van der Waals surface area contributed by atoms with Crippen molar-refractivity contribution in [1.82, 2.24) is 25.5 Å². The number of hydrazine groups is 1. The number of nitrogens with one attached hydrogen (secondary N) is 2. The first kappa shape index (κ1) is 12.4. The average Bonchev–Trinajstić information content (AvgIpc) is 2.69. The lowest BCUT2D eigenvalue weighted by Crippen LogP contribution is -2.42. The maximum absolute atomic E-state index is 5.32. The van der Waals surface area contributed by atoms with E-state index in [1.807, 2.05) is 7.05 Å². The van der Waals surface area contributed by atoms with Gasteiger partial charge >= 0.3 is 0 Å². The van der Waals surface area contributed by atoms with Gasteiger partial charge in [-0.1, -0.05) is 6.92 Å². The van der Waals surface area contributed by atoms with Crippen molar-refractivity contribution in [3.63, 3.8) is 0 Å². The van der Waals surface area contributed by atoms with Gasteiger partial charge in [0.05, 0.1) is 0 Å².